The highest BCUT2D eigenvalue weighted by Gasteiger charge is 2.07. The smallest absolute Gasteiger partial charge is 0.0568 e. The normalized spacial score (nSPS) is 12.7. The summed E-state index contributed by atoms with van der Waals surface area (Å²) < 4.78 is 1.98. The fourth-order valence-electron chi connectivity index (χ4n) is 1.60. The molecule has 1 atom stereocenters. The Kier molecular flexibility index (Phi) is 3.30. The van der Waals surface area contributed by atoms with Gasteiger partial charge in [0.2, 0.25) is 0 Å². The van der Waals surface area contributed by atoms with Gasteiger partial charge in [0.15, 0.2) is 0 Å². The molecule has 2 nitrogen and oxygen atoms in total. The van der Waals surface area contributed by atoms with Gasteiger partial charge >= 0.3 is 0 Å². The first-order chi connectivity index (χ1) is 7.72. The van der Waals surface area contributed by atoms with Crippen molar-refractivity contribution >= 4 is 11.6 Å². The first kappa shape index (κ1) is 11.2. The highest BCUT2D eigenvalue weighted by atomic mass is 35.5. The summed E-state index contributed by atoms with van der Waals surface area (Å²) in [6, 6.07) is 8.26. The van der Waals surface area contributed by atoms with Gasteiger partial charge in [-0.1, -0.05) is 36.7 Å². The number of aromatic nitrogens is 2. The molecule has 2 aromatic rings. The first-order valence-corrected chi connectivity index (χ1v) is 5.89. The van der Waals surface area contributed by atoms with Crippen LogP contribution in [-0.4, -0.2) is 9.78 Å². The summed E-state index contributed by atoms with van der Waals surface area (Å²) in [5, 5.41) is 5.13. The van der Waals surface area contributed by atoms with Crippen LogP contribution in [0.3, 0.4) is 0 Å². The van der Waals surface area contributed by atoms with Crippen LogP contribution in [0.5, 0.6) is 0 Å². The minimum Gasteiger partial charge on any atom is -0.269 e. The average Bonchev–Trinajstić information content (AvgIpc) is 2.78. The Labute approximate surface area is 101 Å². The van der Waals surface area contributed by atoms with Gasteiger partial charge in [0.1, 0.15) is 0 Å². The molecule has 0 aliphatic rings. The zero-order valence-electron chi connectivity index (χ0n) is 9.52. The van der Waals surface area contributed by atoms with Crippen molar-refractivity contribution in [1.82, 2.24) is 9.78 Å². The van der Waals surface area contributed by atoms with Crippen LogP contribution in [0.25, 0.3) is 11.1 Å². The number of hydrogen-bond donors (Lipinski definition) is 0. The van der Waals surface area contributed by atoms with Crippen LogP contribution in [0, 0.1) is 0 Å². The van der Waals surface area contributed by atoms with E-state index in [1.165, 1.54) is 0 Å². The van der Waals surface area contributed by atoms with E-state index in [4.69, 9.17) is 11.6 Å². The molecule has 0 radical (unpaired) electrons. The van der Waals surface area contributed by atoms with Crippen LogP contribution >= 0.6 is 11.6 Å². The molecular weight excluding hydrogens is 220 g/mol. The molecule has 0 aliphatic carbocycles. The number of nitrogens with zero attached hydrogens (tertiary/aromatic N) is 2. The lowest BCUT2D eigenvalue weighted by Crippen LogP contribution is -2.03. The second-order valence-corrected chi connectivity index (χ2v) is 4.35. The van der Waals surface area contributed by atoms with Crippen molar-refractivity contribution in [3.63, 3.8) is 0 Å². The van der Waals surface area contributed by atoms with Gasteiger partial charge < -0.3 is 0 Å². The van der Waals surface area contributed by atoms with Gasteiger partial charge in [-0.3, -0.25) is 4.68 Å². The van der Waals surface area contributed by atoms with E-state index in [0.29, 0.717) is 6.04 Å². The molecule has 0 bridgehead atoms. The van der Waals surface area contributed by atoms with Gasteiger partial charge in [0.25, 0.3) is 0 Å². The summed E-state index contributed by atoms with van der Waals surface area (Å²) in [5.74, 6) is 0. The zero-order chi connectivity index (χ0) is 11.5. The fourth-order valence-corrected chi connectivity index (χ4v) is 1.85. The van der Waals surface area contributed by atoms with Gasteiger partial charge in [0.05, 0.1) is 6.20 Å². The standard InChI is InChI=1S/C13H15ClN2/c1-3-10(2)16-9-11(8-15-16)12-6-4-5-7-13(12)14/h4-10H,3H2,1-2H3. The number of rotatable bonds is 3. The largest absolute Gasteiger partial charge is 0.269 e. The van der Waals surface area contributed by atoms with E-state index in [1.807, 2.05) is 35.1 Å². The van der Waals surface area contributed by atoms with Gasteiger partial charge in [-0.15, -0.1) is 0 Å². The molecule has 84 valence electrons. The molecule has 1 heterocycles. The first-order valence-electron chi connectivity index (χ1n) is 5.51. The molecule has 1 unspecified atom stereocenters. The molecule has 1 aromatic heterocycles. The van der Waals surface area contributed by atoms with Crippen molar-refractivity contribution < 1.29 is 0 Å². The molecule has 0 spiro atoms. The Hall–Kier alpha value is -1.28. The highest BCUT2D eigenvalue weighted by molar-refractivity contribution is 6.33. The van der Waals surface area contributed by atoms with Gasteiger partial charge in [-0.25, -0.2) is 0 Å². The van der Waals surface area contributed by atoms with Crippen LogP contribution in [0.2, 0.25) is 5.02 Å². The Morgan fingerprint density at radius 1 is 1.38 bits per heavy atom. The van der Waals surface area contributed by atoms with Gasteiger partial charge in [-0.2, -0.15) is 5.10 Å². The number of benzene rings is 1. The summed E-state index contributed by atoms with van der Waals surface area (Å²) in [4.78, 5) is 0. The molecule has 0 N–H and O–H groups in total. The highest BCUT2D eigenvalue weighted by Crippen LogP contribution is 2.27. The minimum absolute atomic E-state index is 0.427. The maximum atomic E-state index is 6.14. The quantitative estimate of drug-likeness (QED) is 0.779. The summed E-state index contributed by atoms with van der Waals surface area (Å²) in [6.45, 7) is 4.31. The van der Waals surface area contributed by atoms with E-state index >= 15 is 0 Å². The second kappa shape index (κ2) is 4.71. The molecule has 3 heteroatoms. The Balaban J connectivity index is 2.35. The third kappa shape index (κ3) is 2.12. The van der Waals surface area contributed by atoms with Crippen LogP contribution in [0.15, 0.2) is 36.7 Å². The number of halogens is 1. The van der Waals surface area contributed by atoms with Gasteiger partial charge in [0, 0.05) is 28.4 Å². The second-order valence-electron chi connectivity index (χ2n) is 3.95. The monoisotopic (exact) mass is 234 g/mol. The van der Waals surface area contributed by atoms with Crippen LogP contribution in [0.1, 0.15) is 26.3 Å². The van der Waals surface area contributed by atoms with Crippen molar-refractivity contribution in [2.24, 2.45) is 0 Å². The van der Waals surface area contributed by atoms with Crippen molar-refractivity contribution in [3.8, 4) is 11.1 Å². The summed E-state index contributed by atoms with van der Waals surface area (Å²) in [6.07, 6.45) is 4.99. The van der Waals surface area contributed by atoms with Crippen molar-refractivity contribution in [1.29, 1.82) is 0 Å². The fraction of sp³-hybridized carbons (Fsp3) is 0.308. The summed E-state index contributed by atoms with van der Waals surface area (Å²) >= 11 is 6.14. The molecule has 1 aromatic carbocycles. The molecule has 16 heavy (non-hydrogen) atoms. The maximum absolute atomic E-state index is 6.14. The molecular formula is C13H15ClN2. The van der Waals surface area contributed by atoms with E-state index in [2.05, 4.69) is 25.1 Å². The van der Waals surface area contributed by atoms with Crippen molar-refractivity contribution in [3.05, 3.63) is 41.7 Å². The van der Waals surface area contributed by atoms with E-state index in [9.17, 15) is 0 Å². The molecule has 0 aliphatic heterocycles. The van der Waals surface area contributed by atoms with Crippen LogP contribution in [-0.2, 0) is 0 Å². The lowest BCUT2D eigenvalue weighted by atomic mass is 10.1. The predicted molar refractivity (Wildman–Crippen MR) is 67.7 cm³/mol. The summed E-state index contributed by atoms with van der Waals surface area (Å²) in [7, 11) is 0. The Bertz CT molecular complexity index is 476. The zero-order valence-corrected chi connectivity index (χ0v) is 10.3. The van der Waals surface area contributed by atoms with E-state index in [1.54, 1.807) is 0 Å². The Morgan fingerprint density at radius 3 is 2.81 bits per heavy atom. The lowest BCUT2D eigenvalue weighted by Gasteiger charge is -2.07. The minimum atomic E-state index is 0.427. The van der Waals surface area contributed by atoms with Crippen molar-refractivity contribution in [2.45, 2.75) is 26.3 Å². The van der Waals surface area contributed by atoms with Crippen molar-refractivity contribution in [2.75, 3.05) is 0 Å². The van der Waals surface area contributed by atoms with E-state index < -0.39 is 0 Å². The maximum Gasteiger partial charge on any atom is 0.0568 e. The van der Waals surface area contributed by atoms with Gasteiger partial charge in [-0.05, 0) is 19.4 Å². The topological polar surface area (TPSA) is 17.8 Å². The Morgan fingerprint density at radius 2 is 2.12 bits per heavy atom. The predicted octanol–water partition coefficient (Wildman–Crippen LogP) is 4.17. The van der Waals surface area contributed by atoms with Crippen LogP contribution < -0.4 is 0 Å². The third-order valence-electron chi connectivity index (χ3n) is 2.83. The SMILES string of the molecule is CCC(C)n1cc(-c2ccccc2Cl)cn1. The molecule has 0 amide bonds. The molecule has 0 fully saturated rings. The molecule has 2 rings (SSSR count). The van der Waals surface area contributed by atoms with E-state index in [0.717, 1.165) is 22.6 Å². The average molecular weight is 235 g/mol. The number of hydrogen-bond acceptors (Lipinski definition) is 1. The third-order valence-corrected chi connectivity index (χ3v) is 3.16. The molecule has 0 saturated heterocycles. The van der Waals surface area contributed by atoms with E-state index in [-0.39, 0.29) is 0 Å². The molecule has 0 saturated carbocycles. The lowest BCUT2D eigenvalue weighted by molar-refractivity contribution is 0.478. The van der Waals surface area contributed by atoms with Crippen LogP contribution in [0.4, 0.5) is 0 Å². The summed E-state index contributed by atoms with van der Waals surface area (Å²) in [5.41, 5.74) is 2.12.